The fraction of sp³-hybridized carbons (Fsp3) is 0.316. The molecule has 1 heterocycles. The van der Waals surface area contributed by atoms with Gasteiger partial charge in [-0.3, -0.25) is 9.52 Å². The number of halogens is 1. The third-order valence-corrected chi connectivity index (χ3v) is 6.03. The lowest BCUT2D eigenvalue weighted by Crippen LogP contribution is -2.33. The zero-order valence-electron chi connectivity index (χ0n) is 14.5. The maximum absolute atomic E-state index is 13.8. The van der Waals surface area contributed by atoms with Crippen molar-refractivity contribution >= 4 is 21.5 Å². The quantitative estimate of drug-likeness (QED) is 0.814. The smallest absolute Gasteiger partial charge is 0.264 e. The van der Waals surface area contributed by atoms with Crippen molar-refractivity contribution in [2.45, 2.75) is 17.7 Å². The molecule has 138 valence electrons. The summed E-state index contributed by atoms with van der Waals surface area (Å²) in [5.41, 5.74) is 0.709. The molecule has 1 aliphatic rings. The Hall–Kier alpha value is -2.25. The fourth-order valence-corrected chi connectivity index (χ4v) is 4.24. The van der Waals surface area contributed by atoms with E-state index in [1.165, 1.54) is 24.3 Å². The Kier molecular flexibility index (Phi) is 5.38. The Morgan fingerprint density at radius 1 is 1.12 bits per heavy atom. The van der Waals surface area contributed by atoms with Gasteiger partial charge in [-0.1, -0.05) is 24.3 Å². The van der Waals surface area contributed by atoms with Crippen molar-refractivity contribution in [3.8, 4) is 0 Å². The summed E-state index contributed by atoms with van der Waals surface area (Å²) in [5, 5.41) is 0. The van der Waals surface area contributed by atoms with Crippen LogP contribution in [0.1, 0.15) is 23.2 Å². The molecule has 1 aliphatic heterocycles. The fourth-order valence-electron chi connectivity index (χ4n) is 3.12. The van der Waals surface area contributed by atoms with Gasteiger partial charge in [0.15, 0.2) is 5.78 Å². The average Bonchev–Trinajstić information content (AvgIpc) is 2.62. The van der Waals surface area contributed by atoms with Gasteiger partial charge >= 0.3 is 0 Å². The molecule has 0 aromatic heterocycles. The standard InChI is InChI=1S/C19H21FN2O3S/c1-22-11-9-14(10-12-22)19(23)15-5-4-6-16(13-15)21-26(24,25)18-8-3-2-7-17(18)20/h2-8,13-14,21H,9-12H2,1H3. The molecule has 0 amide bonds. The van der Waals surface area contributed by atoms with Gasteiger partial charge in [0.25, 0.3) is 10.0 Å². The van der Waals surface area contributed by atoms with Crippen LogP contribution in [0.4, 0.5) is 10.1 Å². The maximum Gasteiger partial charge on any atom is 0.264 e. The van der Waals surface area contributed by atoms with Crippen molar-refractivity contribution in [2.75, 3.05) is 24.9 Å². The summed E-state index contributed by atoms with van der Waals surface area (Å²) in [6, 6.07) is 11.5. The van der Waals surface area contributed by atoms with E-state index in [9.17, 15) is 17.6 Å². The molecule has 1 saturated heterocycles. The first-order chi connectivity index (χ1) is 12.4. The van der Waals surface area contributed by atoms with Gasteiger partial charge in [-0.15, -0.1) is 0 Å². The lowest BCUT2D eigenvalue weighted by Gasteiger charge is -2.28. The monoisotopic (exact) mass is 376 g/mol. The highest BCUT2D eigenvalue weighted by Crippen LogP contribution is 2.24. The molecular weight excluding hydrogens is 355 g/mol. The molecule has 5 nitrogen and oxygen atoms in total. The van der Waals surface area contributed by atoms with Gasteiger partial charge < -0.3 is 4.90 Å². The van der Waals surface area contributed by atoms with Gasteiger partial charge in [0, 0.05) is 17.2 Å². The average molecular weight is 376 g/mol. The van der Waals surface area contributed by atoms with E-state index in [2.05, 4.69) is 9.62 Å². The molecular formula is C19H21FN2O3S. The van der Waals surface area contributed by atoms with E-state index in [1.54, 1.807) is 18.2 Å². The first-order valence-electron chi connectivity index (χ1n) is 8.47. The number of benzene rings is 2. The lowest BCUT2D eigenvalue weighted by molar-refractivity contribution is 0.0857. The van der Waals surface area contributed by atoms with Crippen molar-refractivity contribution in [1.29, 1.82) is 0 Å². The number of piperidine rings is 1. The number of sulfonamides is 1. The van der Waals surface area contributed by atoms with Crippen LogP contribution >= 0.6 is 0 Å². The lowest BCUT2D eigenvalue weighted by atomic mass is 9.89. The molecule has 3 rings (SSSR count). The third-order valence-electron chi connectivity index (χ3n) is 4.61. The Morgan fingerprint density at radius 2 is 1.81 bits per heavy atom. The second-order valence-electron chi connectivity index (χ2n) is 6.56. The minimum Gasteiger partial charge on any atom is -0.306 e. The first-order valence-corrected chi connectivity index (χ1v) is 9.95. The van der Waals surface area contributed by atoms with Crippen LogP contribution in [0.15, 0.2) is 53.4 Å². The van der Waals surface area contributed by atoms with Crippen LogP contribution < -0.4 is 4.72 Å². The van der Waals surface area contributed by atoms with Gasteiger partial charge in [-0.25, -0.2) is 12.8 Å². The number of carbonyl (C=O) groups excluding carboxylic acids is 1. The summed E-state index contributed by atoms with van der Waals surface area (Å²) in [6.45, 7) is 1.74. The zero-order valence-corrected chi connectivity index (χ0v) is 15.3. The molecule has 7 heteroatoms. The van der Waals surface area contributed by atoms with Crippen molar-refractivity contribution in [3.05, 3.63) is 59.9 Å². The molecule has 1 fully saturated rings. The van der Waals surface area contributed by atoms with E-state index in [0.717, 1.165) is 32.0 Å². The highest BCUT2D eigenvalue weighted by atomic mass is 32.2. The van der Waals surface area contributed by atoms with Crippen LogP contribution in [0.5, 0.6) is 0 Å². The van der Waals surface area contributed by atoms with E-state index in [4.69, 9.17) is 0 Å². The Labute approximate surface area is 152 Å². The topological polar surface area (TPSA) is 66.5 Å². The van der Waals surface area contributed by atoms with Crippen LogP contribution in [0, 0.1) is 11.7 Å². The molecule has 2 aromatic carbocycles. The Balaban J connectivity index is 1.79. The van der Waals surface area contributed by atoms with Gasteiger partial charge in [0.1, 0.15) is 10.7 Å². The number of hydrogen-bond donors (Lipinski definition) is 1. The minimum absolute atomic E-state index is 0.0186. The molecule has 0 radical (unpaired) electrons. The van der Waals surface area contributed by atoms with Crippen LogP contribution in [0.25, 0.3) is 0 Å². The molecule has 1 N–H and O–H groups in total. The van der Waals surface area contributed by atoms with Gasteiger partial charge in [-0.2, -0.15) is 0 Å². The molecule has 0 unspecified atom stereocenters. The normalized spacial score (nSPS) is 16.4. The van der Waals surface area contributed by atoms with E-state index in [1.807, 2.05) is 7.05 Å². The number of hydrogen-bond acceptors (Lipinski definition) is 4. The largest absolute Gasteiger partial charge is 0.306 e. The minimum atomic E-state index is -4.06. The molecule has 0 aliphatic carbocycles. The summed E-state index contributed by atoms with van der Waals surface area (Å²) in [5.74, 6) is -0.853. The molecule has 0 atom stereocenters. The number of nitrogens with one attached hydrogen (secondary N) is 1. The summed E-state index contributed by atoms with van der Waals surface area (Å²) in [6.07, 6.45) is 1.58. The SMILES string of the molecule is CN1CCC(C(=O)c2cccc(NS(=O)(=O)c3ccccc3F)c2)CC1. The van der Waals surface area contributed by atoms with E-state index < -0.39 is 20.7 Å². The maximum atomic E-state index is 13.8. The van der Waals surface area contributed by atoms with Gasteiger partial charge in [0.05, 0.1) is 0 Å². The number of ketones is 1. The van der Waals surface area contributed by atoms with Gasteiger partial charge in [0.2, 0.25) is 0 Å². The number of carbonyl (C=O) groups is 1. The molecule has 0 bridgehead atoms. The predicted octanol–water partition coefficient (Wildman–Crippen LogP) is 3.15. The molecule has 0 saturated carbocycles. The van der Waals surface area contributed by atoms with E-state index >= 15 is 0 Å². The summed E-state index contributed by atoms with van der Waals surface area (Å²) in [7, 11) is -2.03. The van der Waals surface area contributed by atoms with Crippen molar-refractivity contribution in [1.82, 2.24) is 4.90 Å². The number of rotatable bonds is 5. The van der Waals surface area contributed by atoms with E-state index in [-0.39, 0.29) is 17.4 Å². The number of nitrogens with zero attached hydrogens (tertiary/aromatic N) is 1. The van der Waals surface area contributed by atoms with Crippen LogP contribution in [-0.2, 0) is 10.0 Å². The van der Waals surface area contributed by atoms with Gasteiger partial charge in [-0.05, 0) is 57.2 Å². The molecule has 2 aromatic rings. The van der Waals surface area contributed by atoms with E-state index in [0.29, 0.717) is 5.56 Å². The van der Waals surface area contributed by atoms with Crippen LogP contribution in [0.2, 0.25) is 0 Å². The second kappa shape index (κ2) is 7.55. The van der Waals surface area contributed by atoms with Crippen LogP contribution in [0.3, 0.4) is 0 Å². The summed E-state index contributed by atoms with van der Waals surface area (Å²) < 4.78 is 40.9. The van der Waals surface area contributed by atoms with Crippen molar-refractivity contribution in [3.63, 3.8) is 0 Å². The number of anilines is 1. The third kappa shape index (κ3) is 4.11. The molecule has 26 heavy (non-hydrogen) atoms. The highest BCUT2D eigenvalue weighted by molar-refractivity contribution is 7.92. The van der Waals surface area contributed by atoms with Crippen molar-refractivity contribution in [2.24, 2.45) is 5.92 Å². The Morgan fingerprint density at radius 3 is 2.50 bits per heavy atom. The van der Waals surface area contributed by atoms with Crippen molar-refractivity contribution < 1.29 is 17.6 Å². The predicted molar refractivity (Wildman–Crippen MR) is 98.2 cm³/mol. The second-order valence-corrected chi connectivity index (χ2v) is 8.21. The Bertz CT molecular complexity index is 907. The highest BCUT2D eigenvalue weighted by Gasteiger charge is 2.25. The first kappa shape index (κ1) is 18.5. The number of Topliss-reactive ketones (excluding diaryl/α,β-unsaturated/α-hetero) is 1. The van der Waals surface area contributed by atoms with Crippen LogP contribution in [-0.4, -0.2) is 39.2 Å². The summed E-state index contributed by atoms with van der Waals surface area (Å²) in [4.78, 5) is 14.5. The molecule has 0 spiro atoms. The summed E-state index contributed by atoms with van der Waals surface area (Å²) >= 11 is 0. The number of likely N-dealkylation sites (tertiary alicyclic amines) is 1. The zero-order chi connectivity index (χ0) is 18.7.